The monoisotopic (exact) mass is 395 g/mol. The third kappa shape index (κ3) is 4.44. The van der Waals surface area contributed by atoms with Gasteiger partial charge in [-0.05, 0) is 43.5 Å². The lowest BCUT2D eigenvalue weighted by Crippen LogP contribution is -2.29. The highest BCUT2D eigenvalue weighted by molar-refractivity contribution is 7.99. The van der Waals surface area contributed by atoms with E-state index in [0.717, 1.165) is 12.0 Å². The molecule has 3 aromatic rings. The zero-order chi connectivity index (χ0) is 20.1. The summed E-state index contributed by atoms with van der Waals surface area (Å²) in [6.45, 7) is 6.51. The lowest BCUT2D eigenvalue weighted by atomic mass is 10.1. The van der Waals surface area contributed by atoms with Crippen LogP contribution in [0.1, 0.15) is 37.9 Å². The maximum absolute atomic E-state index is 12.6. The second-order valence-electron chi connectivity index (χ2n) is 6.63. The van der Waals surface area contributed by atoms with Gasteiger partial charge in [-0.3, -0.25) is 14.2 Å². The fourth-order valence-electron chi connectivity index (χ4n) is 3.08. The first-order valence-corrected chi connectivity index (χ1v) is 10.5. The van der Waals surface area contributed by atoms with Crippen molar-refractivity contribution < 1.29 is 4.79 Å². The van der Waals surface area contributed by atoms with Crippen LogP contribution in [0, 0.1) is 0 Å². The maximum Gasteiger partial charge on any atom is 0.262 e. The van der Waals surface area contributed by atoms with E-state index in [1.54, 1.807) is 10.6 Å². The molecule has 0 radical (unpaired) electrons. The van der Waals surface area contributed by atoms with Gasteiger partial charge in [-0.1, -0.05) is 55.1 Å². The number of thioether (sulfide) groups is 1. The van der Waals surface area contributed by atoms with Gasteiger partial charge in [0.15, 0.2) is 5.16 Å². The number of nitrogens with zero attached hydrogens (tertiary/aromatic N) is 2. The normalized spacial score (nSPS) is 12.1. The molecule has 0 saturated heterocycles. The van der Waals surface area contributed by atoms with Gasteiger partial charge in [-0.2, -0.15) is 0 Å². The molecule has 5 nitrogen and oxygen atoms in total. The number of aromatic nitrogens is 2. The van der Waals surface area contributed by atoms with Crippen molar-refractivity contribution in [3.8, 4) is 0 Å². The van der Waals surface area contributed by atoms with Crippen molar-refractivity contribution in [3.05, 3.63) is 70.0 Å². The van der Waals surface area contributed by atoms with Crippen LogP contribution in [0.25, 0.3) is 10.9 Å². The smallest absolute Gasteiger partial charge is 0.262 e. The van der Waals surface area contributed by atoms with Crippen LogP contribution in [0.15, 0.2) is 58.5 Å². The van der Waals surface area contributed by atoms with Gasteiger partial charge in [0, 0.05) is 6.54 Å². The van der Waals surface area contributed by atoms with Gasteiger partial charge in [0.2, 0.25) is 5.91 Å². The Kier molecular flexibility index (Phi) is 6.52. The summed E-state index contributed by atoms with van der Waals surface area (Å²) in [4.78, 5) is 29.7. The lowest BCUT2D eigenvalue weighted by molar-refractivity contribution is -0.119. The summed E-state index contributed by atoms with van der Waals surface area (Å²) in [5.74, 6) is 0.129. The number of hydrogen-bond acceptors (Lipinski definition) is 4. The Labute approximate surface area is 169 Å². The number of aryl methyl sites for hydroxylation is 1. The van der Waals surface area contributed by atoms with Crippen LogP contribution < -0.4 is 10.9 Å². The predicted octanol–water partition coefficient (Wildman–Crippen LogP) is 3.95. The number of carbonyl (C=O) groups is 1. The highest BCUT2D eigenvalue weighted by Crippen LogP contribution is 2.19. The molecule has 6 heteroatoms. The van der Waals surface area contributed by atoms with E-state index in [9.17, 15) is 9.59 Å². The summed E-state index contributed by atoms with van der Waals surface area (Å²) < 4.78 is 1.62. The molecule has 1 atom stereocenters. The van der Waals surface area contributed by atoms with Gasteiger partial charge in [0.25, 0.3) is 5.56 Å². The highest BCUT2D eigenvalue weighted by Gasteiger charge is 2.14. The molecule has 0 aliphatic carbocycles. The lowest BCUT2D eigenvalue weighted by Gasteiger charge is -2.15. The van der Waals surface area contributed by atoms with Gasteiger partial charge in [-0.25, -0.2) is 4.98 Å². The number of carbonyl (C=O) groups excluding carboxylic acids is 1. The number of fused-ring (bicyclic) bond motifs is 1. The largest absolute Gasteiger partial charge is 0.349 e. The number of rotatable bonds is 7. The molecular formula is C22H25N3O2S. The van der Waals surface area contributed by atoms with Crippen molar-refractivity contribution in [2.75, 3.05) is 5.75 Å². The van der Waals surface area contributed by atoms with E-state index in [1.807, 2.05) is 32.0 Å². The molecule has 0 spiro atoms. The molecule has 146 valence electrons. The summed E-state index contributed by atoms with van der Waals surface area (Å²) in [6, 6.07) is 15.5. The van der Waals surface area contributed by atoms with Gasteiger partial charge in [0.05, 0.1) is 22.7 Å². The van der Waals surface area contributed by atoms with Crippen molar-refractivity contribution in [2.24, 2.45) is 0 Å². The fraction of sp³-hybridized carbons (Fsp3) is 0.318. The minimum Gasteiger partial charge on any atom is -0.349 e. The standard InChI is InChI=1S/C22H25N3O2S/c1-4-16-10-12-17(13-11-16)15(3)23-20(26)14-28-22-24-19-9-7-6-8-18(19)21(27)25(22)5-2/h6-13,15H,4-5,14H2,1-3H3,(H,23,26). The van der Waals surface area contributed by atoms with Gasteiger partial charge < -0.3 is 5.32 Å². The third-order valence-electron chi connectivity index (χ3n) is 4.74. The Balaban J connectivity index is 1.69. The first-order valence-electron chi connectivity index (χ1n) is 9.54. The molecular weight excluding hydrogens is 370 g/mol. The van der Waals surface area contributed by atoms with E-state index >= 15 is 0 Å². The van der Waals surface area contributed by atoms with Crippen LogP contribution in [-0.4, -0.2) is 21.2 Å². The molecule has 1 amide bonds. The Hall–Kier alpha value is -2.60. The minimum atomic E-state index is -0.0814. The third-order valence-corrected chi connectivity index (χ3v) is 5.72. The first kappa shape index (κ1) is 20.1. The number of benzene rings is 2. The topological polar surface area (TPSA) is 64.0 Å². The fourth-order valence-corrected chi connectivity index (χ4v) is 3.95. The van der Waals surface area contributed by atoms with Crippen molar-refractivity contribution in [2.45, 2.75) is 44.9 Å². The molecule has 0 aliphatic heterocycles. The molecule has 1 unspecified atom stereocenters. The molecule has 1 aromatic heterocycles. The van der Waals surface area contributed by atoms with Crippen LogP contribution in [0.3, 0.4) is 0 Å². The van der Waals surface area contributed by atoms with Crippen molar-refractivity contribution in [1.29, 1.82) is 0 Å². The molecule has 1 N–H and O–H groups in total. The number of para-hydroxylation sites is 1. The summed E-state index contributed by atoms with van der Waals surface area (Å²) in [5.41, 5.74) is 2.94. The highest BCUT2D eigenvalue weighted by atomic mass is 32.2. The summed E-state index contributed by atoms with van der Waals surface area (Å²) >= 11 is 1.29. The van der Waals surface area contributed by atoms with E-state index in [0.29, 0.717) is 22.6 Å². The van der Waals surface area contributed by atoms with E-state index in [4.69, 9.17) is 0 Å². The van der Waals surface area contributed by atoms with Gasteiger partial charge >= 0.3 is 0 Å². The molecule has 0 bridgehead atoms. The van der Waals surface area contributed by atoms with Gasteiger partial charge in [-0.15, -0.1) is 0 Å². The molecule has 3 rings (SSSR count). The number of nitrogens with one attached hydrogen (secondary N) is 1. The summed E-state index contributed by atoms with van der Waals surface area (Å²) in [6.07, 6.45) is 0.996. The Bertz CT molecular complexity index is 1030. The average molecular weight is 396 g/mol. The van der Waals surface area contributed by atoms with E-state index in [-0.39, 0.29) is 23.3 Å². The SMILES string of the molecule is CCc1ccc(C(C)NC(=O)CSc2nc3ccccc3c(=O)n2CC)cc1. The molecule has 1 heterocycles. The molecule has 0 fully saturated rings. The number of hydrogen-bond donors (Lipinski definition) is 1. The van der Waals surface area contributed by atoms with Crippen LogP contribution >= 0.6 is 11.8 Å². The second-order valence-corrected chi connectivity index (χ2v) is 7.58. The zero-order valence-electron chi connectivity index (χ0n) is 16.4. The molecule has 0 saturated carbocycles. The zero-order valence-corrected chi connectivity index (χ0v) is 17.3. The van der Waals surface area contributed by atoms with Crippen LogP contribution in [0.4, 0.5) is 0 Å². The predicted molar refractivity (Wildman–Crippen MR) is 115 cm³/mol. The van der Waals surface area contributed by atoms with E-state index in [2.05, 4.69) is 41.5 Å². The van der Waals surface area contributed by atoms with E-state index < -0.39 is 0 Å². The second kappa shape index (κ2) is 9.06. The van der Waals surface area contributed by atoms with Crippen LogP contribution in [0.5, 0.6) is 0 Å². The quantitative estimate of drug-likeness (QED) is 0.486. The summed E-state index contributed by atoms with van der Waals surface area (Å²) in [7, 11) is 0. The van der Waals surface area contributed by atoms with Crippen LogP contribution in [0.2, 0.25) is 0 Å². The van der Waals surface area contributed by atoms with Crippen LogP contribution in [-0.2, 0) is 17.8 Å². The molecule has 0 aliphatic rings. The minimum absolute atomic E-state index is 0.0691. The van der Waals surface area contributed by atoms with E-state index in [1.165, 1.54) is 17.3 Å². The Morgan fingerprint density at radius 2 is 1.86 bits per heavy atom. The number of amides is 1. The average Bonchev–Trinajstić information content (AvgIpc) is 2.72. The maximum atomic E-state index is 12.6. The van der Waals surface area contributed by atoms with Gasteiger partial charge in [0.1, 0.15) is 0 Å². The molecule has 2 aromatic carbocycles. The Morgan fingerprint density at radius 3 is 2.54 bits per heavy atom. The van der Waals surface area contributed by atoms with Crippen molar-refractivity contribution >= 4 is 28.6 Å². The van der Waals surface area contributed by atoms with Crippen molar-refractivity contribution in [1.82, 2.24) is 14.9 Å². The summed E-state index contributed by atoms with van der Waals surface area (Å²) in [5, 5.41) is 4.19. The first-order chi connectivity index (χ1) is 13.5. The van der Waals surface area contributed by atoms with Crippen molar-refractivity contribution in [3.63, 3.8) is 0 Å². The Morgan fingerprint density at radius 1 is 1.14 bits per heavy atom. The molecule has 28 heavy (non-hydrogen) atoms.